The lowest BCUT2D eigenvalue weighted by atomic mass is 9.89. The van der Waals surface area contributed by atoms with E-state index in [1.54, 1.807) is 10.9 Å². The Morgan fingerprint density at radius 2 is 2.08 bits per heavy atom. The Balaban J connectivity index is 1.68. The average molecular weight is 446 g/mol. The normalized spacial score (nSPS) is 21.0. The SMILES string of the molecule is [C-]#[N+]c1ccc(NC(=O)C(C)(C)n2cc(I)cn2)c2c1C1CCC2C1. The minimum absolute atomic E-state index is 0.0902. The van der Waals surface area contributed by atoms with Gasteiger partial charge >= 0.3 is 0 Å². The van der Waals surface area contributed by atoms with E-state index in [4.69, 9.17) is 6.57 Å². The van der Waals surface area contributed by atoms with Gasteiger partial charge in [0.05, 0.1) is 16.3 Å². The molecule has 2 bridgehead atoms. The van der Waals surface area contributed by atoms with E-state index in [1.165, 1.54) is 11.1 Å². The molecule has 1 aromatic carbocycles. The number of nitrogens with zero attached hydrogens (tertiary/aromatic N) is 3. The molecule has 1 saturated carbocycles. The van der Waals surface area contributed by atoms with Gasteiger partial charge in [-0.1, -0.05) is 6.07 Å². The van der Waals surface area contributed by atoms with Crippen molar-refractivity contribution in [1.29, 1.82) is 0 Å². The number of benzene rings is 1. The van der Waals surface area contributed by atoms with Gasteiger partial charge in [-0.25, -0.2) is 4.85 Å². The van der Waals surface area contributed by atoms with Crippen LogP contribution in [0, 0.1) is 10.1 Å². The molecule has 0 radical (unpaired) electrons. The Labute approximate surface area is 160 Å². The zero-order chi connectivity index (χ0) is 17.8. The van der Waals surface area contributed by atoms with E-state index in [2.05, 4.69) is 37.9 Å². The lowest BCUT2D eigenvalue weighted by Gasteiger charge is -2.26. The van der Waals surface area contributed by atoms with Crippen LogP contribution >= 0.6 is 22.6 Å². The summed E-state index contributed by atoms with van der Waals surface area (Å²) < 4.78 is 2.70. The van der Waals surface area contributed by atoms with Crippen LogP contribution in [0.5, 0.6) is 0 Å². The highest BCUT2D eigenvalue weighted by Gasteiger charge is 2.41. The summed E-state index contributed by atoms with van der Waals surface area (Å²) in [5.41, 5.74) is 3.21. The molecule has 0 saturated heterocycles. The number of carbonyl (C=O) groups is 1. The molecule has 4 rings (SSSR count). The summed E-state index contributed by atoms with van der Waals surface area (Å²) in [7, 11) is 0. The Bertz CT molecular complexity index is 909. The smallest absolute Gasteiger partial charge is 0.251 e. The van der Waals surface area contributed by atoms with E-state index in [-0.39, 0.29) is 5.91 Å². The molecule has 1 N–H and O–H groups in total. The van der Waals surface area contributed by atoms with Crippen molar-refractivity contribution in [2.45, 2.75) is 50.5 Å². The highest BCUT2D eigenvalue weighted by atomic mass is 127. The third-order valence-electron chi connectivity index (χ3n) is 5.56. The van der Waals surface area contributed by atoms with Crippen molar-refractivity contribution >= 4 is 39.9 Å². The standard InChI is InChI=1S/C19H19IN4O/c1-19(2,24-10-13(20)9-22-24)18(25)23-15-7-6-14(21-3)16-11-4-5-12(8-11)17(15)16/h6-7,9-12H,4-5,8H2,1-2H3,(H,23,25). The fourth-order valence-electron chi connectivity index (χ4n) is 4.19. The molecule has 2 aliphatic carbocycles. The van der Waals surface area contributed by atoms with Gasteiger partial charge in [-0.3, -0.25) is 9.48 Å². The third kappa shape index (κ3) is 2.56. The van der Waals surface area contributed by atoms with Crippen molar-refractivity contribution < 1.29 is 4.79 Å². The maximum absolute atomic E-state index is 13.0. The van der Waals surface area contributed by atoms with Crippen LogP contribution in [-0.2, 0) is 10.3 Å². The highest BCUT2D eigenvalue weighted by Crippen LogP contribution is 2.58. The summed E-state index contributed by atoms with van der Waals surface area (Å²) in [6, 6.07) is 3.75. The molecule has 128 valence electrons. The quantitative estimate of drug-likeness (QED) is 0.545. The van der Waals surface area contributed by atoms with Crippen molar-refractivity contribution in [2.24, 2.45) is 0 Å². The number of carbonyl (C=O) groups excluding carboxylic acids is 1. The molecule has 1 aromatic heterocycles. The van der Waals surface area contributed by atoms with E-state index in [0.717, 1.165) is 34.2 Å². The van der Waals surface area contributed by atoms with Crippen molar-refractivity contribution in [3.8, 4) is 0 Å². The molecule has 2 unspecified atom stereocenters. The fraction of sp³-hybridized carbons (Fsp3) is 0.421. The molecule has 25 heavy (non-hydrogen) atoms. The molecule has 0 spiro atoms. The first-order valence-corrected chi connectivity index (χ1v) is 9.56. The second-order valence-corrected chi connectivity index (χ2v) is 8.64. The first kappa shape index (κ1) is 16.6. The van der Waals surface area contributed by atoms with Gasteiger partial charge in [0.15, 0.2) is 5.69 Å². The van der Waals surface area contributed by atoms with Crippen LogP contribution < -0.4 is 5.32 Å². The summed E-state index contributed by atoms with van der Waals surface area (Å²) in [4.78, 5) is 16.7. The molecule has 1 amide bonds. The Morgan fingerprint density at radius 1 is 1.36 bits per heavy atom. The van der Waals surface area contributed by atoms with Crippen LogP contribution in [0.3, 0.4) is 0 Å². The molecule has 1 heterocycles. The van der Waals surface area contributed by atoms with Gasteiger partial charge in [0.1, 0.15) is 5.54 Å². The minimum Gasteiger partial charge on any atom is -0.324 e. The summed E-state index contributed by atoms with van der Waals surface area (Å²) in [5, 5.41) is 7.42. The first-order valence-electron chi connectivity index (χ1n) is 8.48. The summed E-state index contributed by atoms with van der Waals surface area (Å²) in [6.45, 7) is 11.2. The lowest BCUT2D eigenvalue weighted by Crippen LogP contribution is -2.40. The van der Waals surface area contributed by atoms with Crippen LogP contribution in [0.15, 0.2) is 24.5 Å². The molecule has 5 nitrogen and oxygen atoms in total. The van der Waals surface area contributed by atoms with Crippen molar-refractivity contribution in [2.75, 3.05) is 5.32 Å². The number of hydrogen-bond acceptors (Lipinski definition) is 2. The maximum Gasteiger partial charge on any atom is 0.251 e. The number of nitrogens with one attached hydrogen (secondary N) is 1. The molecule has 2 aliphatic rings. The van der Waals surface area contributed by atoms with E-state index in [1.807, 2.05) is 32.2 Å². The molecular weight excluding hydrogens is 427 g/mol. The second-order valence-electron chi connectivity index (χ2n) is 7.39. The lowest BCUT2D eigenvalue weighted by molar-refractivity contribution is -0.123. The maximum atomic E-state index is 13.0. The van der Waals surface area contributed by atoms with Crippen LogP contribution in [0.1, 0.15) is 56.1 Å². The van der Waals surface area contributed by atoms with Gasteiger partial charge in [-0.05, 0) is 84.7 Å². The number of amides is 1. The molecule has 0 aliphatic heterocycles. The third-order valence-corrected chi connectivity index (χ3v) is 6.12. The van der Waals surface area contributed by atoms with Gasteiger partial charge in [-0.2, -0.15) is 5.10 Å². The second kappa shape index (κ2) is 5.84. The number of fused-ring (bicyclic) bond motifs is 5. The van der Waals surface area contributed by atoms with Gasteiger partial charge in [0, 0.05) is 11.9 Å². The van der Waals surface area contributed by atoms with E-state index in [0.29, 0.717) is 11.8 Å². The van der Waals surface area contributed by atoms with Gasteiger partial charge in [-0.15, -0.1) is 0 Å². The summed E-state index contributed by atoms with van der Waals surface area (Å²) in [5.74, 6) is 0.875. The van der Waals surface area contributed by atoms with E-state index < -0.39 is 5.54 Å². The molecule has 6 heteroatoms. The summed E-state index contributed by atoms with van der Waals surface area (Å²) >= 11 is 2.19. The van der Waals surface area contributed by atoms with Crippen LogP contribution in [0.25, 0.3) is 4.85 Å². The molecule has 1 fully saturated rings. The number of rotatable bonds is 3. The van der Waals surface area contributed by atoms with E-state index >= 15 is 0 Å². The van der Waals surface area contributed by atoms with Gasteiger partial charge in [0.2, 0.25) is 0 Å². The van der Waals surface area contributed by atoms with E-state index in [9.17, 15) is 4.79 Å². The predicted molar refractivity (Wildman–Crippen MR) is 105 cm³/mol. The number of hydrogen-bond donors (Lipinski definition) is 1. The van der Waals surface area contributed by atoms with Crippen LogP contribution in [0.4, 0.5) is 11.4 Å². The molecule has 2 atom stereocenters. The largest absolute Gasteiger partial charge is 0.324 e. The first-order chi connectivity index (χ1) is 11.9. The number of halogens is 1. The summed E-state index contributed by atoms with van der Waals surface area (Å²) in [6.07, 6.45) is 7.05. The van der Waals surface area contributed by atoms with Crippen LogP contribution in [0.2, 0.25) is 0 Å². The van der Waals surface area contributed by atoms with Crippen LogP contribution in [-0.4, -0.2) is 15.7 Å². The Hall–Kier alpha value is -1.88. The van der Waals surface area contributed by atoms with Crippen molar-refractivity contribution in [1.82, 2.24) is 9.78 Å². The Morgan fingerprint density at radius 3 is 2.72 bits per heavy atom. The Kier molecular flexibility index (Phi) is 3.87. The number of aromatic nitrogens is 2. The van der Waals surface area contributed by atoms with Crippen molar-refractivity contribution in [3.05, 3.63) is 50.6 Å². The fourth-order valence-corrected chi connectivity index (χ4v) is 4.58. The zero-order valence-corrected chi connectivity index (χ0v) is 16.4. The average Bonchev–Trinajstić information content (AvgIpc) is 3.31. The molecular formula is C19H19IN4O. The zero-order valence-electron chi connectivity index (χ0n) is 14.2. The number of anilines is 1. The highest BCUT2D eigenvalue weighted by molar-refractivity contribution is 14.1. The van der Waals surface area contributed by atoms with Gasteiger partial charge < -0.3 is 5.32 Å². The topological polar surface area (TPSA) is 51.3 Å². The molecule has 2 aromatic rings. The minimum atomic E-state index is -0.785. The predicted octanol–water partition coefficient (Wildman–Crippen LogP) is 4.78. The van der Waals surface area contributed by atoms with Crippen molar-refractivity contribution in [3.63, 3.8) is 0 Å². The van der Waals surface area contributed by atoms with Gasteiger partial charge in [0.25, 0.3) is 5.91 Å². The monoisotopic (exact) mass is 446 g/mol.